The van der Waals surface area contributed by atoms with Gasteiger partial charge in [0.1, 0.15) is 12.6 Å². The van der Waals surface area contributed by atoms with Crippen LogP contribution in [0.4, 0.5) is 5.69 Å². The van der Waals surface area contributed by atoms with Gasteiger partial charge in [0.15, 0.2) is 0 Å². The standard InChI is InChI=1S/C25H24ClN3O3/c1-3-27-24(31)16(2)28(14-18-8-4-5-12-20(18)26)22(30)15-29-21-13-7-10-17-9-6-11-19(23(17)21)25(29)32/h4-13,16H,3,14-15H2,1-2H3,(H,27,31)/t16-/m0/s1. The van der Waals surface area contributed by atoms with E-state index in [1.165, 1.54) is 9.80 Å². The van der Waals surface area contributed by atoms with Crippen molar-refractivity contribution in [3.8, 4) is 0 Å². The molecule has 1 N–H and O–H groups in total. The topological polar surface area (TPSA) is 69.7 Å². The van der Waals surface area contributed by atoms with Gasteiger partial charge in [0.25, 0.3) is 5.91 Å². The lowest BCUT2D eigenvalue weighted by molar-refractivity contribution is -0.139. The first-order chi connectivity index (χ1) is 15.4. The van der Waals surface area contributed by atoms with Crippen molar-refractivity contribution in [3.05, 3.63) is 76.8 Å². The number of carbonyl (C=O) groups is 3. The van der Waals surface area contributed by atoms with E-state index < -0.39 is 6.04 Å². The zero-order valence-electron chi connectivity index (χ0n) is 18.0. The smallest absolute Gasteiger partial charge is 0.259 e. The second-order valence-corrected chi connectivity index (χ2v) is 8.16. The predicted molar refractivity (Wildman–Crippen MR) is 126 cm³/mol. The van der Waals surface area contributed by atoms with Crippen molar-refractivity contribution in [2.75, 3.05) is 18.0 Å². The number of nitrogens with one attached hydrogen (secondary N) is 1. The highest BCUT2D eigenvalue weighted by Crippen LogP contribution is 2.37. The monoisotopic (exact) mass is 449 g/mol. The minimum absolute atomic E-state index is 0.163. The van der Waals surface area contributed by atoms with Gasteiger partial charge in [-0.1, -0.05) is 54.1 Å². The molecule has 0 spiro atoms. The molecule has 3 amide bonds. The lowest BCUT2D eigenvalue weighted by atomic mass is 10.1. The summed E-state index contributed by atoms with van der Waals surface area (Å²) >= 11 is 6.32. The predicted octanol–water partition coefficient (Wildman–Crippen LogP) is 4.01. The van der Waals surface area contributed by atoms with E-state index in [0.29, 0.717) is 22.8 Å². The van der Waals surface area contributed by atoms with Gasteiger partial charge < -0.3 is 10.2 Å². The van der Waals surface area contributed by atoms with Crippen molar-refractivity contribution in [2.45, 2.75) is 26.4 Å². The van der Waals surface area contributed by atoms with E-state index in [4.69, 9.17) is 11.6 Å². The second kappa shape index (κ2) is 9.01. The zero-order valence-corrected chi connectivity index (χ0v) is 18.7. The summed E-state index contributed by atoms with van der Waals surface area (Å²) in [6.45, 7) is 3.96. The zero-order chi connectivity index (χ0) is 22.8. The summed E-state index contributed by atoms with van der Waals surface area (Å²) in [6, 6.07) is 17.7. The van der Waals surface area contributed by atoms with Crippen LogP contribution in [-0.4, -0.2) is 41.8 Å². The van der Waals surface area contributed by atoms with E-state index in [0.717, 1.165) is 16.3 Å². The third-order valence-electron chi connectivity index (χ3n) is 5.76. The molecule has 164 valence electrons. The molecular weight excluding hydrogens is 426 g/mol. The van der Waals surface area contributed by atoms with E-state index in [-0.39, 0.29) is 30.8 Å². The summed E-state index contributed by atoms with van der Waals surface area (Å²) in [4.78, 5) is 42.1. The highest BCUT2D eigenvalue weighted by molar-refractivity contribution is 6.31. The van der Waals surface area contributed by atoms with Crippen LogP contribution in [-0.2, 0) is 16.1 Å². The molecule has 0 saturated carbocycles. The number of halogens is 1. The summed E-state index contributed by atoms with van der Waals surface area (Å²) < 4.78 is 0. The van der Waals surface area contributed by atoms with Crippen LogP contribution in [0.15, 0.2) is 60.7 Å². The summed E-state index contributed by atoms with van der Waals surface area (Å²) in [5.41, 5.74) is 2.02. The van der Waals surface area contributed by atoms with Gasteiger partial charge in [-0.05, 0) is 43.0 Å². The Balaban J connectivity index is 1.64. The highest BCUT2D eigenvalue weighted by Gasteiger charge is 2.34. The van der Waals surface area contributed by atoms with Crippen LogP contribution < -0.4 is 10.2 Å². The number of rotatable bonds is 7. The average Bonchev–Trinajstić information content (AvgIpc) is 3.06. The molecule has 3 aromatic carbocycles. The van der Waals surface area contributed by atoms with E-state index in [2.05, 4.69) is 5.32 Å². The Labute approximate surface area is 191 Å². The van der Waals surface area contributed by atoms with Gasteiger partial charge in [0, 0.05) is 29.1 Å². The Hall–Kier alpha value is -3.38. The maximum absolute atomic E-state index is 13.5. The highest BCUT2D eigenvalue weighted by atomic mass is 35.5. The Kier molecular flexibility index (Phi) is 6.15. The largest absolute Gasteiger partial charge is 0.355 e. The van der Waals surface area contributed by atoms with Crippen LogP contribution in [0.3, 0.4) is 0 Å². The van der Waals surface area contributed by atoms with Crippen molar-refractivity contribution in [2.24, 2.45) is 0 Å². The molecule has 1 heterocycles. The summed E-state index contributed by atoms with van der Waals surface area (Å²) in [5.74, 6) is -0.804. The number of benzene rings is 3. The van der Waals surface area contributed by atoms with E-state index in [9.17, 15) is 14.4 Å². The van der Waals surface area contributed by atoms with Crippen LogP contribution in [0.5, 0.6) is 0 Å². The molecule has 0 saturated heterocycles. The molecule has 0 aliphatic carbocycles. The van der Waals surface area contributed by atoms with Crippen molar-refractivity contribution < 1.29 is 14.4 Å². The first-order valence-corrected chi connectivity index (χ1v) is 10.9. The van der Waals surface area contributed by atoms with Gasteiger partial charge in [-0.15, -0.1) is 0 Å². The van der Waals surface area contributed by atoms with E-state index in [1.807, 2.05) is 55.5 Å². The molecule has 0 unspecified atom stereocenters. The maximum atomic E-state index is 13.5. The van der Waals surface area contributed by atoms with Gasteiger partial charge in [-0.2, -0.15) is 0 Å². The summed E-state index contributed by atoms with van der Waals surface area (Å²) in [5, 5.41) is 5.08. The number of nitrogens with zero attached hydrogens (tertiary/aromatic N) is 2. The van der Waals surface area contributed by atoms with Crippen molar-refractivity contribution in [1.29, 1.82) is 0 Å². The van der Waals surface area contributed by atoms with E-state index in [1.54, 1.807) is 19.1 Å². The number of anilines is 1. The number of likely N-dealkylation sites (N-methyl/N-ethyl adjacent to an activating group) is 1. The molecule has 32 heavy (non-hydrogen) atoms. The van der Waals surface area contributed by atoms with Crippen molar-refractivity contribution in [3.63, 3.8) is 0 Å². The number of hydrogen-bond donors (Lipinski definition) is 1. The average molecular weight is 450 g/mol. The molecule has 1 atom stereocenters. The molecule has 3 aromatic rings. The second-order valence-electron chi connectivity index (χ2n) is 7.76. The van der Waals surface area contributed by atoms with Gasteiger partial charge >= 0.3 is 0 Å². The molecule has 1 aliphatic heterocycles. The van der Waals surface area contributed by atoms with Gasteiger partial charge in [0.05, 0.1) is 5.69 Å². The third-order valence-corrected chi connectivity index (χ3v) is 6.13. The molecule has 0 bridgehead atoms. The van der Waals surface area contributed by atoms with Crippen molar-refractivity contribution >= 4 is 45.8 Å². The van der Waals surface area contributed by atoms with Crippen LogP contribution in [0.1, 0.15) is 29.8 Å². The van der Waals surface area contributed by atoms with Gasteiger partial charge in [-0.25, -0.2) is 0 Å². The minimum atomic E-state index is -0.727. The Bertz CT molecular complexity index is 1200. The molecule has 0 aromatic heterocycles. The minimum Gasteiger partial charge on any atom is -0.355 e. The number of amides is 3. The first kappa shape index (κ1) is 21.8. The van der Waals surface area contributed by atoms with Crippen LogP contribution in [0.25, 0.3) is 10.8 Å². The summed E-state index contributed by atoms with van der Waals surface area (Å²) in [7, 11) is 0. The number of carbonyl (C=O) groups excluding carboxylic acids is 3. The molecule has 4 rings (SSSR count). The van der Waals surface area contributed by atoms with E-state index >= 15 is 0 Å². The fraction of sp³-hybridized carbons (Fsp3) is 0.240. The quantitative estimate of drug-likeness (QED) is 0.592. The third kappa shape index (κ3) is 3.94. The van der Waals surface area contributed by atoms with Crippen LogP contribution in [0, 0.1) is 0 Å². The van der Waals surface area contributed by atoms with Gasteiger partial charge in [-0.3, -0.25) is 19.3 Å². The summed E-state index contributed by atoms with van der Waals surface area (Å²) in [6.07, 6.45) is 0. The molecule has 0 radical (unpaired) electrons. The molecule has 0 fully saturated rings. The normalized spacial score (nSPS) is 13.3. The fourth-order valence-corrected chi connectivity index (χ4v) is 4.27. The molecule has 1 aliphatic rings. The van der Waals surface area contributed by atoms with Gasteiger partial charge in [0.2, 0.25) is 11.8 Å². The van der Waals surface area contributed by atoms with Crippen LogP contribution in [0.2, 0.25) is 5.02 Å². The Morgan fingerprint density at radius 3 is 2.50 bits per heavy atom. The fourth-order valence-electron chi connectivity index (χ4n) is 4.08. The number of hydrogen-bond acceptors (Lipinski definition) is 3. The maximum Gasteiger partial charge on any atom is 0.259 e. The SMILES string of the molecule is CCNC(=O)[C@H](C)N(Cc1ccccc1Cl)C(=O)CN1C(=O)c2cccc3cccc1c23. The Morgan fingerprint density at radius 1 is 1.06 bits per heavy atom. The molecular formula is C25H24ClN3O3. The molecule has 7 heteroatoms. The Morgan fingerprint density at radius 2 is 1.78 bits per heavy atom. The lowest BCUT2D eigenvalue weighted by Crippen LogP contribution is -2.50. The van der Waals surface area contributed by atoms with Crippen molar-refractivity contribution in [1.82, 2.24) is 10.2 Å². The lowest BCUT2D eigenvalue weighted by Gasteiger charge is -2.30. The molecule has 6 nitrogen and oxygen atoms in total. The van der Waals surface area contributed by atoms with Crippen LogP contribution >= 0.6 is 11.6 Å². The first-order valence-electron chi connectivity index (χ1n) is 10.6.